The molecule has 0 fully saturated rings. The summed E-state index contributed by atoms with van der Waals surface area (Å²) < 4.78 is 5.59. The molecule has 1 rings (SSSR count). The van der Waals surface area contributed by atoms with Crippen molar-refractivity contribution < 1.29 is 9.53 Å². The highest BCUT2D eigenvalue weighted by Gasteiger charge is 2.15. The van der Waals surface area contributed by atoms with Crippen molar-refractivity contribution in [1.29, 1.82) is 0 Å². The average Bonchev–Trinajstić information content (AvgIpc) is 2.28. The zero-order chi connectivity index (χ0) is 12.8. The van der Waals surface area contributed by atoms with E-state index in [2.05, 4.69) is 5.32 Å². The van der Waals surface area contributed by atoms with Crippen molar-refractivity contribution in [2.45, 2.75) is 46.3 Å². The lowest BCUT2D eigenvalue weighted by molar-refractivity contribution is -0.127. The second-order valence-corrected chi connectivity index (χ2v) is 4.39. The standard InChI is InChI=1S/C14H21NO2/c1-5-11(3)15-14(16)12(4)17-13-8-6-7-10(2)9-13/h6-9,11-12H,5H2,1-4H3,(H,15,16)/t11-,12-/m1/s1. The molecule has 1 amide bonds. The van der Waals surface area contributed by atoms with Crippen LogP contribution in [0, 0.1) is 6.92 Å². The molecule has 0 bridgehead atoms. The Morgan fingerprint density at radius 1 is 1.41 bits per heavy atom. The first-order valence-corrected chi connectivity index (χ1v) is 6.06. The van der Waals surface area contributed by atoms with Crippen molar-refractivity contribution in [3.8, 4) is 5.75 Å². The Bertz CT molecular complexity index is 376. The van der Waals surface area contributed by atoms with Crippen LogP contribution in [0.5, 0.6) is 5.75 Å². The molecule has 1 aromatic rings. The first-order chi connectivity index (χ1) is 8.02. The molecule has 0 saturated carbocycles. The molecule has 17 heavy (non-hydrogen) atoms. The number of carbonyl (C=O) groups excluding carboxylic acids is 1. The molecule has 0 aliphatic heterocycles. The van der Waals surface area contributed by atoms with E-state index in [1.165, 1.54) is 0 Å². The van der Waals surface area contributed by atoms with Gasteiger partial charge in [0, 0.05) is 6.04 Å². The maximum atomic E-state index is 11.8. The molecule has 0 aromatic heterocycles. The molecule has 0 unspecified atom stereocenters. The lowest BCUT2D eigenvalue weighted by Crippen LogP contribution is -2.40. The van der Waals surface area contributed by atoms with Crippen LogP contribution in [0.1, 0.15) is 32.8 Å². The summed E-state index contributed by atoms with van der Waals surface area (Å²) in [6.45, 7) is 7.78. The Labute approximate surface area is 103 Å². The third-order valence-corrected chi connectivity index (χ3v) is 2.67. The lowest BCUT2D eigenvalue weighted by Gasteiger charge is -2.17. The minimum atomic E-state index is -0.467. The SMILES string of the molecule is CC[C@@H](C)NC(=O)[C@@H](C)Oc1cccc(C)c1. The van der Waals surface area contributed by atoms with Gasteiger partial charge in [-0.05, 0) is 44.9 Å². The van der Waals surface area contributed by atoms with Crippen LogP contribution < -0.4 is 10.1 Å². The molecule has 0 radical (unpaired) electrons. The fourth-order valence-corrected chi connectivity index (χ4v) is 1.41. The average molecular weight is 235 g/mol. The molecule has 1 N–H and O–H groups in total. The summed E-state index contributed by atoms with van der Waals surface area (Å²) in [5, 5.41) is 2.90. The van der Waals surface area contributed by atoms with Gasteiger partial charge in [0.1, 0.15) is 5.75 Å². The maximum Gasteiger partial charge on any atom is 0.260 e. The zero-order valence-corrected chi connectivity index (χ0v) is 11.0. The number of hydrogen-bond donors (Lipinski definition) is 1. The number of benzene rings is 1. The van der Waals surface area contributed by atoms with Crippen LogP contribution in [0.25, 0.3) is 0 Å². The van der Waals surface area contributed by atoms with Crippen LogP contribution in [0.15, 0.2) is 24.3 Å². The molecule has 0 aliphatic carbocycles. The summed E-state index contributed by atoms with van der Waals surface area (Å²) in [7, 11) is 0. The molecule has 94 valence electrons. The fourth-order valence-electron chi connectivity index (χ4n) is 1.41. The van der Waals surface area contributed by atoms with Gasteiger partial charge in [0.2, 0.25) is 0 Å². The second kappa shape index (κ2) is 6.28. The first kappa shape index (κ1) is 13.6. The number of aryl methyl sites for hydroxylation is 1. The Morgan fingerprint density at radius 2 is 2.12 bits per heavy atom. The van der Waals surface area contributed by atoms with Gasteiger partial charge >= 0.3 is 0 Å². The maximum absolute atomic E-state index is 11.8. The van der Waals surface area contributed by atoms with Gasteiger partial charge < -0.3 is 10.1 Å². The highest BCUT2D eigenvalue weighted by molar-refractivity contribution is 5.80. The Balaban J connectivity index is 2.54. The van der Waals surface area contributed by atoms with Crippen molar-refractivity contribution in [3.63, 3.8) is 0 Å². The van der Waals surface area contributed by atoms with E-state index in [4.69, 9.17) is 4.74 Å². The van der Waals surface area contributed by atoms with Gasteiger partial charge in [-0.15, -0.1) is 0 Å². The van der Waals surface area contributed by atoms with Gasteiger partial charge in [0.25, 0.3) is 5.91 Å². The topological polar surface area (TPSA) is 38.3 Å². The normalized spacial score (nSPS) is 13.9. The fraction of sp³-hybridized carbons (Fsp3) is 0.500. The van der Waals surface area contributed by atoms with E-state index in [0.717, 1.165) is 17.7 Å². The van der Waals surface area contributed by atoms with E-state index < -0.39 is 6.10 Å². The van der Waals surface area contributed by atoms with E-state index in [1.54, 1.807) is 6.92 Å². The van der Waals surface area contributed by atoms with Crippen molar-refractivity contribution >= 4 is 5.91 Å². The summed E-state index contributed by atoms with van der Waals surface area (Å²) in [5.74, 6) is 0.664. The Morgan fingerprint density at radius 3 is 2.71 bits per heavy atom. The quantitative estimate of drug-likeness (QED) is 0.852. The molecule has 3 heteroatoms. The predicted octanol–water partition coefficient (Wildman–Crippen LogP) is 2.68. The number of carbonyl (C=O) groups is 1. The number of ether oxygens (including phenoxy) is 1. The zero-order valence-electron chi connectivity index (χ0n) is 11.0. The van der Waals surface area contributed by atoms with Gasteiger partial charge in [-0.25, -0.2) is 0 Å². The molecular weight excluding hydrogens is 214 g/mol. The van der Waals surface area contributed by atoms with E-state index in [0.29, 0.717) is 0 Å². The minimum absolute atomic E-state index is 0.0687. The third kappa shape index (κ3) is 4.47. The monoisotopic (exact) mass is 235 g/mol. The van der Waals surface area contributed by atoms with E-state index in [1.807, 2.05) is 45.0 Å². The summed E-state index contributed by atoms with van der Waals surface area (Å²) >= 11 is 0. The van der Waals surface area contributed by atoms with Crippen LogP contribution >= 0.6 is 0 Å². The number of amides is 1. The summed E-state index contributed by atoms with van der Waals surface area (Å²) in [6, 6.07) is 7.89. The molecule has 0 heterocycles. The van der Waals surface area contributed by atoms with Crippen molar-refractivity contribution in [1.82, 2.24) is 5.32 Å². The van der Waals surface area contributed by atoms with Crippen LogP contribution in [0.3, 0.4) is 0 Å². The molecule has 3 nitrogen and oxygen atoms in total. The molecule has 2 atom stereocenters. The van der Waals surface area contributed by atoms with E-state index >= 15 is 0 Å². The summed E-state index contributed by atoms with van der Waals surface area (Å²) in [4.78, 5) is 11.8. The Hall–Kier alpha value is -1.51. The predicted molar refractivity (Wildman–Crippen MR) is 69.2 cm³/mol. The first-order valence-electron chi connectivity index (χ1n) is 6.06. The summed E-state index contributed by atoms with van der Waals surface area (Å²) in [6.07, 6.45) is 0.453. The molecule has 1 aromatic carbocycles. The van der Waals surface area contributed by atoms with Crippen LogP contribution in [-0.4, -0.2) is 18.1 Å². The minimum Gasteiger partial charge on any atom is -0.481 e. The van der Waals surface area contributed by atoms with Gasteiger partial charge in [-0.1, -0.05) is 19.1 Å². The van der Waals surface area contributed by atoms with Crippen molar-refractivity contribution in [2.75, 3.05) is 0 Å². The number of rotatable bonds is 5. The summed E-state index contributed by atoms with van der Waals surface area (Å²) in [5.41, 5.74) is 1.12. The second-order valence-electron chi connectivity index (χ2n) is 4.39. The van der Waals surface area contributed by atoms with Crippen LogP contribution in [0.4, 0.5) is 0 Å². The van der Waals surface area contributed by atoms with Gasteiger partial charge in [0.15, 0.2) is 6.10 Å². The lowest BCUT2D eigenvalue weighted by atomic mass is 10.2. The highest BCUT2D eigenvalue weighted by atomic mass is 16.5. The van der Waals surface area contributed by atoms with E-state index in [9.17, 15) is 4.79 Å². The largest absolute Gasteiger partial charge is 0.481 e. The molecule has 0 aliphatic rings. The third-order valence-electron chi connectivity index (χ3n) is 2.67. The van der Waals surface area contributed by atoms with Gasteiger partial charge in [-0.3, -0.25) is 4.79 Å². The van der Waals surface area contributed by atoms with Gasteiger partial charge in [0.05, 0.1) is 0 Å². The van der Waals surface area contributed by atoms with Crippen LogP contribution in [0.2, 0.25) is 0 Å². The molecule has 0 spiro atoms. The van der Waals surface area contributed by atoms with Crippen molar-refractivity contribution in [2.24, 2.45) is 0 Å². The Kier molecular flexibility index (Phi) is 5.01. The molecular formula is C14H21NO2. The number of nitrogens with one attached hydrogen (secondary N) is 1. The smallest absolute Gasteiger partial charge is 0.260 e. The molecule has 0 saturated heterocycles. The van der Waals surface area contributed by atoms with Crippen LogP contribution in [-0.2, 0) is 4.79 Å². The van der Waals surface area contributed by atoms with Crippen molar-refractivity contribution in [3.05, 3.63) is 29.8 Å². The van der Waals surface area contributed by atoms with Gasteiger partial charge in [-0.2, -0.15) is 0 Å². The number of hydrogen-bond acceptors (Lipinski definition) is 2. The van der Waals surface area contributed by atoms with E-state index in [-0.39, 0.29) is 11.9 Å². The highest BCUT2D eigenvalue weighted by Crippen LogP contribution is 2.14.